The molecule has 0 amide bonds. The number of fused-ring (bicyclic) bond motifs is 2. The molecule has 124 valence electrons. The van der Waals surface area contributed by atoms with Crippen LogP contribution in [-0.4, -0.2) is 25.8 Å². The van der Waals surface area contributed by atoms with Crippen LogP contribution in [0.25, 0.3) is 5.65 Å². The standard InChI is InChI=1S/C19H22N4O/c1-4-14-10-17(23-19(20-14)11(2)12(3)22-23)21-18-15-8-6-5-7-13(15)9-16(18)24/h5-8,10,16,18,21,24H,4,9H2,1-3H3. The first-order valence-electron chi connectivity index (χ1n) is 8.46. The van der Waals surface area contributed by atoms with Gasteiger partial charge in [0.15, 0.2) is 5.65 Å². The van der Waals surface area contributed by atoms with Crippen molar-refractivity contribution in [1.29, 1.82) is 0 Å². The van der Waals surface area contributed by atoms with Crippen LogP contribution in [0, 0.1) is 13.8 Å². The molecule has 2 unspecified atom stereocenters. The fourth-order valence-corrected chi connectivity index (χ4v) is 3.47. The number of aryl methyl sites for hydroxylation is 3. The Balaban J connectivity index is 1.81. The monoisotopic (exact) mass is 322 g/mol. The highest BCUT2D eigenvalue weighted by molar-refractivity contribution is 5.57. The third-order valence-electron chi connectivity index (χ3n) is 4.98. The molecule has 0 spiro atoms. The molecule has 5 heteroatoms. The van der Waals surface area contributed by atoms with Crippen LogP contribution in [0.2, 0.25) is 0 Å². The van der Waals surface area contributed by atoms with Crippen molar-refractivity contribution in [2.45, 2.75) is 45.8 Å². The number of hydrogen-bond donors (Lipinski definition) is 2. The summed E-state index contributed by atoms with van der Waals surface area (Å²) in [5.74, 6) is 0.883. The first-order chi connectivity index (χ1) is 11.6. The van der Waals surface area contributed by atoms with E-state index in [9.17, 15) is 5.11 Å². The van der Waals surface area contributed by atoms with Crippen molar-refractivity contribution < 1.29 is 5.11 Å². The van der Waals surface area contributed by atoms with E-state index < -0.39 is 6.10 Å². The zero-order valence-electron chi connectivity index (χ0n) is 14.2. The molecule has 0 radical (unpaired) electrons. The summed E-state index contributed by atoms with van der Waals surface area (Å²) in [7, 11) is 0. The molecule has 2 heterocycles. The molecule has 0 fully saturated rings. The van der Waals surface area contributed by atoms with Gasteiger partial charge >= 0.3 is 0 Å². The Labute approximate surface area is 141 Å². The van der Waals surface area contributed by atoms with E-state index in [-0.39, 0.29) is 6.04 Å². The van der Waals surface area contributed by atoms with Gasteiger partial charge in [-0.2, -0.15) is 9.61 Å². The highest BCUT2D eigenvalue weighted by atomic mass is 16.3. The molecule has 3 aromatic rings. The third kappa shape index (κ3) is 2.27. The van der Waals surface area contributed by atoms with Crippen LogP contribution in [0.15, 0.2) is 30.3 Å². The van der Waals surface area contributed by atoms with Gasteiger partial charge in [0.05, 0.1) is 17.8 Å². The topological polar surface area (TPSA) is 62.5 Å². The number of nitrogens with one attached hydrogen (secondary N) is 1. The van der Waals surface area contributed by atoms with Crippen LogP contribution in [0.4, 0.5) is 5.82 Å². The highest BCUT2D eigenvalue weighted by Gasteiger charge is 2.31. The lowest BCUT2D eigenvalue weighted by Crippen LogP contribution is -2.22. The summed E-state index contributed by atoms with van der Waals surface area (Å²) in [6, 6.07) is 10.1. The van der Waals surface area contributed by atoms with E-state index >= 15 is 0 Å². The molecule has 2 aromatic heterocycles. The summed E-state index contributed by atoms with van der Waals surface area (Å²) in [5.41, 5.74) is 6.35. The lowest BCUT2D eigenvalue weighted by Gasteiger charge is -2.20. The van der Waals surface area contributed by atoms with Gasteiger partial charge in [0.1, 0.15) is 5.82 Å². The normalized spacial score (nSPS) is 19.7. The van der Waals surface area contributed by atoms with E-state index in [2.05, 4.69) is 29.5 Å². The van der Waals surface area contributed by atoms with Gasteiger partial charge in [0, 0.05) is 23.7 Å². The Morgan fingerprint density at radius 3 is 2.88 bits per heavy atom. The second-order valence-corrected chi connectivity index (χ2v) is 6.52. The smallest absolute Gasteiger partial charge is 0.160 e. The Morgan fingerprint density at radius 1 is 1.29 bits per heavy atom. The van der Waals surface area contributed by atoms with Crippen molar-refractivity contribution in [2.75, 3.05) is 5.32 Å². The lowest BCUT2D eigenvalue weighted by atomic mass is 10.1. The van der Waals surface area contributed by atoms with Gasteiger partial charge in [-0.1, -0.05) is 31.2 Å². The van der Waals surface area contributed by atoms with Gasteiger partial charge in [-0.3, -0.25) is 0 Å². The molecule has 5 nitrogen and oxygen atoms in total. The summed E-state index contributed by atoms with van der Waals surface area (Å²) in [6.45, 7) is 6.15. The zero-order chi connectivity index (χ0) is 16.8. The number of hydrogen-bond acceptors (Lipinski definition) is 4. The van der Waals surface area contributed by atoms with Crippen LogP contribution in [0.3, 0.4) is 0 Å². The maximum absolute atomic E-state index is 10.5. The Morgan fingerprint density at radius 2 is 2.08 bits per heavy atom. The summed E-state index contributed by atoms with van der Waals surface area (Å²) in [4.78, 5) is 4.71. The number of anilines is 1. The fraction of sp³-hybridized carbons (Fsp3) is 0.368. The van der Waals surface area contributed by atoms with Crippen LogP contribution in [0.1, 0.15) is 41.0 Å². The van der Waals surface area contributed by atoms with E-state index in [1.165, 1.54) is 5.56 Å². The molecule has 0 saturated carbocycles. The van der Waals surface area contributed by atoms with E-state index in [1.54, 1.807) is 0 Å². The van der Waals surface area contributed by atoms with Crippen LogP contribution >= 0.6 is 0 Å². The Bertz CT molecular complexity index is 915. The molecule has 0 bridgehead atoms. The molecular formula is C19H22N4O. The molecular weight excluding hydrogens is 300 g/mol. The van der Waals surface area contributed by atoms with Crippen molar-refractivity contribution in [3.05, 3.63) is 58.4 Å². The lowest BCUT2D eigenvalue weighted by molar-refractivity contribution is 0.165. The molecule has 1 aliphatic carbocycles. The minimum atomic E-state index is -0.437. The van der Waals surface area contributed by atoms with Crippen LogP contribution < -0.4 is 5.32 Å². The summed E-state index contributed by atoms with van der Waals surface area (Å²) >= 11 is 0. The van der Waals surface area contributed by atoms with E-state index in [4.69, 9.17) is 4.98 Å². The molecule has 24 heavy (non-hydrogen) atoms. The maximum atomic E-state index is 10.5. The number of aliphatic hydroxyl groups is 1. The van der Waals surface area contributed by atoms with Crippen molar-refractivity contribution in [3.63, 3.8) is 0 Å². The molecule has 0 saturated heterocycles. The average Bonchev–Trinajstić information content (AvgIpc) is 3.05. The molecule has 2 N–H and O–H groups in total. The average molecular weight is 322 g/mol. The van der Waals surface area contributed by atoms with Crippen molar-refractivity contribution >= 4 is 11.5 Å². The first kappa shape index (κ1) is 15.1. The van der Waals surface area contributed by atoms with Crippen molar-refractivity contribution in [1.82, 2.24) is 14.6 Å². The minimum absolute atomic E-state index is 0.124. The van der Waals surface area contributed by atoms with Crippen molar-refractivity contribution in [3.8, 4) is 0 Å². The van der Waals surface area contributed by atoms with E-state index in [1.807, 2.05) is 36.6 Å². The molecule has 2 atom stereocenters. The summed E-state index contributed by atoms with van der Waals surface area (Å²) in [5, 5.41) is 18.7. The van der Waals surface area contributed by atoms with Gasteiger partial charge in [0.2, 0.25) is 0 Å². The van der Waals surface area contributed by atoms with Gasteiger partial charge in [-0.15, -0.1) is 0 Å². The van der Waals surface area contributed by atoms with E-state index in [0.717, 1.165) is 40.4 Å². The second-order valence-electron chi connectivity index (χ2n) is 6.52. The number of rotatable bonds is 3. The molecule has 4 rings (SSSR count). The molecule has 0 aliphatic heterocycles. The van der Waals surface area contributed by atoms with Gasteiger partial charge in [0.25, 0.3) is 0 Å². The van der Waals surface area contributed by atoms with Crippen LogP contribution in [0.5, 0.6) is 0 Å². The first-order valence-corrected chi connectivity index (χ1v) is 8.46. The third-order valence-corrected chi connectivity index (χ3v) is 4.98. The SMILES string of the molecule is CCc1cc(NC2c3ccccc3CC2O)n2nc(C)c(C)c2n1. The number of nitrogens with zero attached hydrogens (tertiary/aromatic N) is 3. The van der Waals surface area contributed by atoms with Gasteiger partial charge in [-0.05, 0) is 31.4 Å². The fourth-order valence-electron chi connectivity index (χ4n) is 3.47. The summed E-state index contributed by atoms with van der Waals surface area (Å²) in [6.07, 6.45) is 1.10. The van der Waals surface area contributed by atoms with Gasteiger partial charge in [-0.25, -0.2) is 4.98 Å². The predicted molar refractivity (Wildman–Crippen MR) is 94.4 cm³/mol. The van der Waals surface area contributed by atoms with Crippen LogP contribution in [-0.2, 0) is 12.8 Å². The maximum Gasteiger partial charge on any atom is 0.160 e. The molecule has 1 aromatic carbocycles. The second kappa shape index (κ2) is 5.60. The van der Waals surface area contributed by atoms with Gasteiger partial charge < -0.3 is 10.4 Å². The summed E-state index contributed by atoms with van der Waals surface area (Å²) < 4.78 is 1.86. The predicted octanol–water partition coefficient (Wildman–Crippen LogP) is 2.98. The quantitative estimate of drug-likeness (QED) is 0.778. The van der Waals surface area contributed by atoms with E-state index in [0.29, 0.717) is 6.42 Å². The number of aliphatic hydroxyl groups excluding tert-OH is 1. The van der Waals surface area contributed by atoms with Crippen molar-refractivity contribution in [2.24, 2.45) is 0 Å². The highest BCUT2D eigenvalue weighted by Crippen LogP contribution is 2.34. The Kier molecular flexibility index (Phi) is 3.53. The number of benzene rings is 1. The zero-order valence-corrected chi connectivity index (χ0v) is 14.2. The Hall–Kier alpha value is -2.40. The minimum Gasteiger partial charge on any atom is -0.390 e. The number of aromatic nitrogens is 3. The molecule has 1 aliphatic rings. The largest absolute Gasteiger partial charge is 0.390 e.